The number of Topliss-reactive ketones (excluding diaryl/α,β-unsaturated/α-hetero) is 1. The number of halogens is 1. The third-order valence-corrected chi connectivity index (χ3v) is 2.39. The first kappa shape index (κ1) is 10.5. The van der Waals surface area contributed by atoms with E-state index in [0.29, 0.717) is 13.1 Å². The Balaban J connectivity index is 2.44. The molecule has 0 saturated carbocycles. The van der Waals surface area contributed by atoms with Gasteiger partial charge in [0.25, 0.3) is 5.91 Å². The molecule has 0 bridgehead atoms. The number of carbonyl (C=O) groups is 2. The van der Waals surface area contributed by atoms with Crippen molar-refractivity contribution in [3.8, 4) is 0 Å². The molecule has 0 unspecified atom stereocenters. The predicted octanol–water partition coefficient (Wildman–Crippen LogP) is -0.432. The molecule has 1 fully saturated rings. The second-order valence-electron chi connectivity index (χ2n) is 3.15. The molecule has 13 heavy (non-hydrogen) atoms. The Morgan fingerprint density at radius 2 is 1.77 bits per heavy atom. The van der Waals surface area contributed by atoms with Crippen molar-refractivity contribution in [1.82, 2.24) is 9.80 Å². The van der Waals surface area contributed by atoms with Gasteiger partial charge in [-0.25, -0.2) is 0 Å². The van der Waals surface area contributed by atoms with E-state index in [1.54, 1.807) is 4.90 Å². The Morgan fingerprint density at radius 3 is 2.23 bits per heavy atom. The highest BCUT2D eigenvalue weighted by atomic mass is 35.5. The van der Waals surface area contributed by atoms with E-state index in [4.69, 9.17) is 11.6 Å². The Morgan fingerprint density at radius 1 is 1.23 bits per heavy atom. The molecular weight excluding hydrogens is 192 g/mol. The number of amides is 1. The van der Waals surface area contributed by atoms with E-state index in [0.717, 1.165) is 13.1 Å². The first-order valence-electron chi connectivity index (χ1n) is 4.21. The van der Waals surface area contributed by atoms with Crippen molar-refractivity contribution >= 4 is 23.3 Å². The number of hydrogen-bond donors (Lipinski definition) is 0. The van der Waals surface area contributed by atoms with Crippen molar-refractivity contribution in [2.75, 3.05) is 39.1 Å². The standard InChI is InChI=1S/C8H13ClN2O2/c1-10-2-4-11(5-3-10)8(13)7(12)6-9/h2-6H2,1H3. The molecule has 0 aromatic carbocycles. The van der Waals surface area contributed by atoms with Gasteiger partial charge < -0.3 is 9.80 Å². The van der Waals surface area contributed by atoms with Crippen molar-refractivity contribution in [2.24, 2.45) is 0 Å². The van der Waals surface area contributed by atoms with Crippen LogP contribution in [0.25, 0.3) is 0 Å². The van der Waals surface area contributed by atoms with E-state index in [2.05, 4.69) is 4.90 Å². The van der Waals surface area contributed by atoms with E-state index in [1.807, 2.05) is 7.05 Å². The Bertz CT molecular complexity index is 212. The van der Waals surface area contributed by atoms with Crippen LogP contribution >= 0.6 is 11.6 Å². The molecule has 1 amide bonds. The topological polar surface area (TPSA) is 40.6 Å². The van der Waals surface area contributed by atoms with Crippen LogP contribution in [-0.4, -0.2) is 60.6 Å². The number of alkyl halides is 1. The van der Waals surface area contributed by atoms with E-state index in [-0.39, 0.29) is 5.88 Å². The van der Waals surface area contributed by atoms with Gasteiger partial charge >= 0.3 is 0 Å². The lowest BCUT2D eigenvalue weighted by atomic mass is 10.3. The van der Waals surface area contributed by atoms with Crippen LogP contribution in [0.15, 0.2) is 0 Å². The van der Waals surface area contributed by atoms with Crippen LogP contribution in [0.3, 0.4) is 0 Å². The van der Waals surface area contributed by atoms with E-state index < -0.39 is 11.7 Å². The molecule has 1 aliphatic heterocycles. The quantitative estimate of drug-likeness (QED) is 0.453. The summed E-state index contributed by atoms with van der Waals surface area (Å²) in [5.41, 5.74) is 0. The molecule has 5 heteroatoms. The van der Waals surface area contributed by atoms with Crippen LogP contribution in [-0.2, 0) is 9.59 Å². The van der Waals surface area contributed by atoms with Gasteiger partial charge in [-0.05, 0) is 7.05 Å². The van der Waals surface area contributed by atoms with Crippen LogP contribution in [0.1, 0.15) is 0 Å². The largest absolute Gasteiger partial charge is 0.334 e. The number of piperazine rings is 1. The molecule has 0 aromatic rings. The maximum Gasteiger partial charge on any atom is 0.291 e. The molecule has 4 nitrogen and oxygen atoms in total. The lowest BCUT2D eigenvalue weighted by molar-refractivity contribution is -0.144. The molecule has 1 saturated heterocycles. The second-order valence-corrected chi connectivity index (χ2v) is 3.42. The molecular formula is C8H13ClN2O2. The summed E-state index contributed by atoms with van der Waals surface area (Å²) < 4.78 is 0. The number of rotatable bonds is 2. The van der Waals surface area contributed by atoms with E-state index in [9.17, 15) is 9.59 Å². The maximum atomic E-state index is 11.3. The fraction of sp³-hybridized carbons (Fsp3) is 0.750. The number of hydrogen-bond acceptors (Lipinski definition) is 3. The fourth-order valence-electron chi connectivity index (χ4n) is 1.24. The maximum absolute atomic E-state index is 11.3. The van der Waals surface area contributed by atoms with Gasteiger partial charge in [0.1, 0.15) is 0 Å². The molecule has 0 spiro atoms. The minimum Gasteiger partial charge on any atom is -0.334 e. The predicted molar refractivity (Wildman–Crippen MR) is 49.8 cm³/mol. The summed E-state index contributed by atoms with van der Waals surface area (Å²) >= 11 is 5.29. The Kier molecular flexibility index (Phi) is 3.69. The molecule has 1 rings (SSSR count). The van der Waals surface area contributed by atoms with Gasteiger partial charge in [0.15, 0.2) is 0 Å². The lowest BCUT2D eigenvalue weighted by Gasteiger charge is -2.31. The molecule has 0 atom stereocenters. The molecule has 0 radical (unpaired) electrons. The van der Waals surface area contributed by atoms with Crippen molar-refractivity contribution in [1.29, 1.82) is 0 Å². The molecule has 1 heterocycles. The summed E-state index contributed by atoms with van der Waals surface area (Å²) in [5.74, 6) is -1.17. The number of ketones is 1. The van der Waals surface area contributed by atoms with Crippen LogP contribution in [0.4, 0.5) is 0 Å². The summed E-state index contributed by atoms with van der Waals surface area (Å²) in [6, 6.07) is 0. The van der Waals surface area contributed by atoms with Crippen molar-refractivity contribution in [3.05, 3.63) is 0 Å². The molecule has 0 N–H and O–H groups in total. The molecule has 0 aliphatic carbocycles. The van der Waals surface area contributed by atoms with Crippen molar-refractivity contribution in [3.63, 3.8) is 0 Å². The Labute approximate surface area is 82.4 Å². The summed E-state index contributed by atoms with van der Waals surface area (Å²) in [6.07, 6.45) is 0. The van der Waals surface area contributed by atoms with Gasteiger partial charge in [-0.2, -0.15) is 0 Å². The summed E-state index contributed by atoms with van der Waals surface area (Å²) in [7, 11) is 1.99. The van der Waals surface area contributed by atoms with Crippen LogP contribution in [0, 0.1) is 0 Å². The molecule has 0 aromatic heterocycles. The van der Waals surface area contributed by atoms with Gasteiger partial charge in [0, 0.05) is 26.2 Å². The zero-order chi connectivity index (χ0) is 9.84. The lowest BCUT2D eigenvalue weighted by Crippen LogP contribution is -2.49. The number of nitrogens with zero attached hydrogens (tertiary/aromatic N) is 2. The smallest absolute Gasteiger partial charge is 0.291 e. The normalized spacial score (nSPS) is 18.8. The first-order chi connectivity index (χ1) is 6.15. The minimum atomic E-state index is -0.508. The summed E-state index contributed by atoms with van der Waals surface area (Å²) in [5, 5.41) is 0. The van der Waals surface area contributed by atoms with Crippen LogP contribution in [0.2, 0.25) is 0 Å². The van der Waals surface area contributed by atoms with Crippen molar-refractivity contribution < 1.29 is 9.59 Å². The van der Waals surface area contributed by atoms with Gasteiger partial charge in [-0.15, -0.1) is 11.6 Å². The van der Waals surface area contributed by atoms with Gasteiger partial charge in [-0.3, -0.25) is 9.59 Å². The van der Waals surface area contributed by atoms with E-state index in [1.165, 1.54) is 0 Å². The summed E-state index contributed by atoms with van der Waals surface area (Å²) in [6.45, 7) is 2.89. The van der Waals surface area contributed by atoms with Gasteiger partial charge in [-0.1, -0.05) is 0 Å². The van der Waals surface area contributed by atoms with Crippen molar-refractivity contribution in [2.45, 2.75) is 0 Å². The highest BCUT2D eigenvalue weighted by Crippen LogP contribution is 2.00. The highest BCUT2D eigenvalue weighted by molar-refractivity contribution is 6.46. The first-order valence-corrected chi connectivity index (χ1v) is 4.75. The zero-order valence-electron chi connectivity index (χ0n) is 7.62. The monoisotopic (exact) mass is 204 g/mol. The average molecular weight is 205 g/mol. The third-order valence-electron chi connectivity index (χ3n) is 2.15. The zero-order valence-corrected chi connectivity index (χ0v) is 8.38. The molecule has 1 aliphatic rings. The minimum absolute atomic E-state index is 0.217. The Hall–Kier alpha value is -0.610. The number of carbonyl (C=O) groups excluding carboxylic acids is 2. The van der Waals surface area contributed by atoms with Gasteiger partial charge in [0.2, 0.25) is 5.78 Å². The second kappa shape index (κ2) is 4.58. The summed E-state index contributed by atoms with van der Waals surface area (Å²) in [4.78, 5) is 25.9. The van der Waals surface area contributed by atoms with Crippen LogP contribution < -0.4 is 0 Å². The SMILES string of the molecule is CN1CCN(C(=O)C(=O)CCl)CC1. The molecule has 74 valence electrons. The number of likely N-dealkylation sites (N-methyl/N-ethyl adjacent to an activating group) is 1. The van der Waals surface area contributed by atoms with Gasteiger partial charge in [0.05, 0.1) is 5.88 Å². The van der Waals surface area contributed by atoms with E-state index >= 15 is 0 Å². The highest BCUT2D eigenvalue weighted by Gasteiger charge is 2.23. The van der Waals surface area contributed by atoms with Crippen LogP contribution in [0.5, 0.6) is 0 Å². The fourth-order valence-corrected chi connectivity index (χ4v) is 1.36. The third kappa shape index (κ3) is 2.67. The average Bonchev–Trinajstić information content (AvgIpc) is 2.17.